The Morgan fingerprint density at radius 1 is 1.28 bits per heavy atom. The predicted molar refractivity (Wildman–Crippen MR) is 77.1 cm³/mol. The Kier molecular flexibility index (Phi) is 4.43. The first-order valence-corrected chi connectivity index (χ1v) is 7.11. The summed E-state index contributed by atoms with van der Waals surface area (Å²) >= 11 is 0. The molecule has 0 amide bonds. The molecule has 1 unspecified atom stereocenters. The second-order valence-electron chi connectivity index (χ2n) is 4.51. The first kappa shape index (κ1) is 13.2. The topological polar surface area (TPSA) is 25.2 Å². The Labute approximate surface area is 109 Å². The van der Waals surface area contributed by atoms with Crippen molar-refractivity contribution in [1.82, 2.24) is 5.32 Å². The summed E-state index contributed by atoms with van der Waals surface area (Å²) in [5.74, 6) is 1.18. The highest BCUT2D eigenvalue weighted by atomic mass is 16.3. The summed E-state index contributed by atoms with van der Waals surface area (Å²) in [5.41, 5.74) is 2.47. The van der Waals surface area contributed by atoms with Crippen LogP contribution < -0.4 is 5.32 Å². The standard InChI is InChI=1S/C14H17NO.C2H6/c1-2-10-9-12-11-5-3-4-6-13(11)16-14(12)7-8-15-10;1-2/h3-6,10,15H,2,7-9H2,1H3;1-2H3. The number of benzene rings is 1. The van der Waals surface area contributed by atoms with Crippen molar-refractivity contribution in [2.45, 2.75) is 46.1 Å². The lowest BCUT2D eigenvalue weighted by Gasteiger charge is -2.12. The van der Waals surface area contributed by atoms with E-state index in [4.69, 9.17) is 4.42 Å². The van der Waals surface area contributed by atoms with E-state index in [1.165, 1.54) is 23.1 Å². The maximum atomic E-state index is 5.92. The number of fused-ring (bicyclic) bond motifs is 3. The zero-order chi connectivity index (χ0) is 13.0. The molecule has 2 heterocycles. The van der Waals surface area contributed by atoms with Gasteiger partial charge in [-0.1, -0.05) is 39.0 Å². The van der Waals surface area contributed by atoms with E-state index in [1.807, 2.05) is 19.9 Å². The van der Waals surface area contributed by atoms with Crippen LogP contribution in [-0.4, -0.2) is 12.6 Å². The van der Waals surface area contributed by atoms with Gasteiger partial charge in [0.15, 0.2) is 0 Å². The molecule has 1 aliphatic heterocycles. The number of furan rings is 1. The summed E-state index contributed by atoms with van der Waals surface area (Å²) in [6, 6.07) is 8.98. The van der Waals surface area contributed by atoms with Gasteiger partial charge in [-0.15, -0.1) is 0 Å². The molecule has 0 aliphatic carbocycles. The highest BCUT2D eigenvalue weighted by Crippen LogP contribution is 2.28. The number of para-hydroxylation sites is 1. The minimum Gasteiger partial charge on any atom is -0.461 e. The lowest BCUT2D eigenvalue weighted by atomic mass is 10.0. The van der Waals surface area contributed by atoms with E-state index in [0.717, 1.165) is 25.0 Å². The Morgan fingerprint density at radius 3 is 2.83 bits per heavy atom. The maximum Gasteiger partial charge on any atom is 0.134 e. The molecule has 2 nitrogen and oxygen atoms in total. The molecular weight excluding hydrogens is 222 g/mol. The van der Waals surface area contributed by atoms with Crippen LogP contribution in [-0.2, 0) is 12.8 Å². The summed E-state index contributed by atoms with van der Waals surface area (Å²) < 4.78 is 5.92. The summed E-state index contributed by atoms with van der Waals surface area (Å²) in [6.07, 6.45) is 3.29. The van der Waals surface area contributed by atoms with Crippen molar-refractivity contribution in [1.29, 1.82) is 0 Å². The van der Waals surface area contributed by atoms with Gasteiger partial charge in [-0.2, -0.15) is 0 Å². The van der Waals surface area contributed by atoms with Gasteiger partial charge >= 0.3 is 0 Å². The average Bonchev–Trinajstić information content (AvgIpc) is 2.65. The van der Waals surface area contributed by atoms with E-state index in [0.29, 0.717) is 6.04 Å². The first-order chi connectivity index (χ1) is 8.88. The molecule has 0 saturated carbocycles. The lowest BCUT2D eigenvalue weighted by molar-refractivity contribution is 0.504. The Balaban J connectivity index is 0.000000574. The van der Waals surface area contributed by atoms with Crippen LogP contribution in [0.5, 0.6) is 0 Å². The van der Waals surface area contributed by atoms with Crippen LogP contribution in [0.25, 0.3) is 11.0 Å². The van der Waals surface area contributed by atoms with Crippen molar-refractivity contribution in [3.63, 3.8) is 0 Å². The van der Waals surface area contributed by atoms with Crippen molar-refractivity contribution >= 4 is 11.0 Å². The molecule has 1 N–H and O–H groups in total. The highest BCUT2D eigenvalue weighted by Gasteiger charge is 2.20. The average molecular weight is 245 g/mol. The van der Waals surface area contributed by atoms with Gasteiger partial charge in [0.25, 0.3) is 0 Å². The van der Waals surface area contributed by atoms with Gasteiger partial charge in [0, 0.05) is 30.0 Å². The van der Waals surface area contributed by atoms with Gasteiger partial charge < -0.3 is 9.73 Å². The van der Waals surface area contributed by atoms with Gasteiger partial charge in [-0.3, -0.25) is 0 Å². The smallest absolute Gasteiger partial charge is 0.134 e. The Hall–Kier alpha value is -1.28. The van der Waals surface area contributed by atoms with Gasteiger partial charge in [0.05, 0.1) is 0 Å². The second-order valence-corrected chi connectivity index (χ2v) is 4.51. The van der Waals surface area contributed by atoms with E-state index in [2.05, 4.69) is 30.4 Å². The van der Waals surface area contributed by atoms with Crippen LogP contribution in [0.4, 0.5) is 0 Å². The molecule has 1 atom stereocenters. The number of rotatable bonds is 1. The summed E-state index contributed by atoms with van der Waals surface area (Å²) in [5, 5.41) is 4.87. The fraction of sp³-hybridized carbons (Fsp3) is 0.500. The van der Waals surface area contributed by atoms with Gasteiger partial charge in [0.1, 0.15) is 11.3 Å². The molecule has 2 heteroatoms. The number of hydrogen-bond donors (Lipinski definition) is 1. The van der Waals surface area contributed by atoms with Crippen molar-refractivity contribution in [3.8, 4) is 0 Å². The van der Waals surface area contributed by atoms with Crippen LogP contribution >= 0.6 is 0 Å². The van der Waals surface area contributed by atoms with Crippen LogP contribution in [0.3, 0.4) is 0 Å². The second kappa shape index (κ2) is 6.05. The van der Waals surface area contributed by atoms with Crippen molar-refractivity contribution in [2.75, 3.05) is 6.54 Å². The minimum absolute atomic E-state index is 0.599. The van der Waals surface area contributed by atoms with E-state index >= 15 is 0 Å². The zero-order valence-electron chi connectivity index (χ0n) is 11.6. The molecule has 1 aromatic heterocycles. The van der Waals surface area contributed by atoms with Crippen molar-refractivity contribution in [3.05, 3.63) is 35.6 Å². The molecular formula is C16H23NO. The molecule has 0 radical (unpaired) electrons. The van der Waals surface area contributed by atoms with Gasteiger partial charge in [-0.05, 0) is 18.9 Å². The minimum atomic E-state index is 0.599. The Morgan fingerprint density at radius 2 is 2.06 bits per heavy atom. The molecule has 1 aliphatic rings. The lowest BCUT2D eigenvalue weighted by Crippen LogP contribution is -2.29. The van der Waals surface area contributed by atoms with Crippen LogP contribution in [0.15, 0.2) is 28.7 Å². The highest BCUT2D eigenvalue weighted by molar-refractivity contribution is 5.82. The molecule has 3 rings (SSSR count). The fourth-order valence-electron chi connectivity index (χ4n) is 2.57. The van der Waals surface area contributed by atoms with Gasteiger partial charge in [-0.25, -0.2) is 0 Å². The normalized spacial score (nSPS) is 18.7. The van der Waals surface area contributed by atoms with Crippen LogP contribution in [0.1, 0.15) is 38.5 Å². The number of hydrogen-bond acceptors (Lipinski definition) is 2. The van der Waals surface area contributed by atoms with E-state index in [-0.39, 0.29) is 0 Å². The third-order valence-corrected chi connectivity index (χ3v) is 3.51. The summed E-state index contributed by atoms with van der Waals surface area (Å²) in [4.78, 5) is 0. The molecule has 0 bridgehead atoms. The third-order valence-electron chi connectivity index (χ3n) is 3.51. The Bertz CT molecular complexity index is 501. The molecule has 98 valence electrons. The largest absolute Gasteiger partial charge is 0.461 e. The molecule has 1 aromatic carbocycles. The summed E-state index contributed by atoms with van der Waals surface area (Å²) in [7, 11) is 0. The fourth-order valence-corrected chi connectivity index (χ4v) is 2.57. The molecule has 0 saturated heterocycles. The van der Waals surface area contributed by atoms with Gasteiger partial charge in [0.2, 0.25) is 0 Å². The third kappa shape index (κ3) is 2.44. The molecule has 0 fully saturated rings. The SMILES string of the molecule is CC.CCC1Cc2c(oc3ccccc23)CCN1. The maximum absolute atomic E-state index is 5.92. The van der Waals surface area contributed by atoms with E-state index in [9.17, 15) is 0 Å². The first-order valence-electron chi connectivity index (χ1n) is 7.11. The van der Waals surface area contributed by atoms with Crippen molar-refractivity contribution < 1.29 is 4.42 Å². The van der Waals surface area contributed by atoms with Crippen LogP contribution in [0, 0.1) is 0 Å². The van der Waals surface area contributed by atoms with E-state index < -0.39 is 0 Å². The van der Waals surface area contributed by atoms with Crippen molar-refractivity contribution in [2.24, 2.45) is 0 Å². The molecule has 2 aromatic rings. The monoisotopic (exact) mass is 245 g/mol. The summed E-state index contributed by atoms with van der Waals surface area (Å²) in [6.45, 7) is 7.27. The molecule has 18 heavy (non-hydrogen) atoms. The zero-order valence-corrected chi connectivity index (χ0v) is 11.6. The molecule has 0 spiro atoms. The predicted octanol–water partition coefficient (Wildman–Crippen LogP) is 3.93. The van der Waals surface area contributed by atoms with E-state index in [1.54, 1.807) is 0 Å². The van der Waals surface area contributed by atoms with Crippen LogP contribution in [0.2, 0.25) is 0 Å². The quantitative estimate of drug-likeness (QED) is 0.823. The number of nitrogens with one attached hydrogen (secondary N) is 1.